The Hall–Kier alpha value is -2.20. The van der Waals surface area contributed by atoms with E-state index >= 15 is 0 Å². The number of nitrogens with one attached hydrogen (secondary N) is 1. The quantitative estimate of drug-likeness (QED) is 0.740. The molecule has 0 saturated carbocycles. The first-order valence-electron chi connectivity index (χ1n) is 5.32. The van der Waals surface area contributed by atoms with Gasteiger partial charge >= 0.3 is 5.69 Å². The van der Waals surface area contributed by atoms with Crippen LogP contribution in [0.5, 0.6) is 0 Å². The lowest BCUT2D eigenvalue weighted by molar-refractivity contribution is 0.758. The van der Waals surface area contributed by atoms with E-state index in [1.165, 1.54) is 4.57 Å². The fourth-order valence-corrected chi connectivity index (χ4v) is 2.31. The Morgan fingerprint density at radius 1 is 1.35 bits per heavy atom. The van der Waals surface area contributed by atoms with Crippen molar-refractivity contribution in [1.82, 2.24) is 39.3 Å². The molecule has 0 amide bonds. The maximum atomic E-state index is 11.3. The maximum Gasteiger partial charge on any atom is 0.343 e. The minimum absolute atomic E-state index is 0.0479. The van der Waals surface area contributed by atoms with Crippen molar-refractivity contribution in [1.29, 1.82) is 0 Å². The Morgan fingerprint density at radius 2 is 2.20 bits per heavy atom. The highest BCUT2D eigenvalue weighted by Crippen LogP contribution is 2.22. The molecule has 9 nitrogen and oxygen atoms in total. The normalized spacial score (nSPS) is 10.9. The highest BCUT2D eigenvalue weighted by Gasteiger charge is 2.12. The molecule has 11 heteroatoms. The Kier molecular flexibility index (Phi) is 3.24. The molecule has 20 heavy (non-hydrogen) atoms. The van der Waals surface area contributed by atoms with Gasteiger partial charge in [-0.1, -0.05) is 0 Å². The van der Waals surface area contributed by atoms with Gasteiger partial charge in [0.05, 0.1) is 0 Å². The average molecular weight is 311 g/mol. The summed E-state index contributed by atoms with van der Waals surface area (Å²) < 4.78 is 2.94. The Balaban J connectivity index is 1.98. The summed E-state index contributed by atoms with van der Waals surface area (Å²) in [6.45, 7) is 0. The summed E-state index contributed by atoms with van der Waals surface area (Å²) in [5.74, 6) is 0.338. The van der Waals surface area contributed by atoms with E-state index in [1.807, 2.05) is 0 Å². The molecule has 0 aromatic carbocycles. The van der Waals surface area contributed by atoms with Crippen LogP contribution in [0.1, 0.15) is 0 Å². The van der Waals surface area contributed by atoms with Gasteiger partial charge in [-0.15, -0.1) is 5.10 Å². The minimum Gasteiger partial charge on any atom is -0.274 e. The second-order valence-electron chi connectivity index (χ2n) is 3.63. The highest BCUT2D eigenvalue weighted by molar-refractivity contribution is 7.99. The van der Waals surface area contributed by atoms with Crippen LogP contribution in [-0.2, 0) is 7.05 Å². The molecule has 3 heterocycles. The van der Waals surface area contributed by atoms with Gasteiger partial charge in [-0.3, -0.25) is 9.13 Å². The van der Waals surface area contributed by atoms with Gasteiger partial charge in [-0.05, 0) is 23.4 Å². The monoisotopic (exact) mass is 310 g/mol. The zero-order valence-corrected chi connectivity index (χ0v) is 11.6. The van der Waals surface area contributed by atoms with E-state index < -0.39 is 0 Å². The molecule has 0 aliphatic rings. The van der Waals surface area contributed by atoms with Crippen molar-refractivity contribution >= 4 is 23.4 Å². The zero-order valence-electron chi connectivity index (χ0n) is 10.1. The van der Waals surface area contributed by atoms with Crippen LogP contribution in [0.25, 0.3) is 5.95 Å². The van der Waals surface area contributed by atoms with Crippen LogP contribution in [0.4, 0.5) is 0 Å². The number of halogens is 1. The molecule has 3 rings (SSSR count). The maximum absolute atomic E-state index is 11.3. The van der Waals surface area contributed by atoms with Gasteiger partial charge in [0.2, 0.25) is 16.4 Å². The van der Waals surface area contributed by atoms with E-state index in [-0.39, 0.29) is 11.0 Å². The molecule has 0 aliphatic heterocycles. The molecule has 0 atom stereocenters. The molecule has 0 radical (unpaired) electrons. The zero-order chi connectivity index (χ0) is 14.1. The van der Waals surface area contributed by atoms with Crippen LogP contribution in [0.2, 0.25) is 5.28 Å². The van der Waals surface area contributed by atoms with Crippen molar-refractivity contribution in [2.45, 2.75) is 10.3 Å². The molecule has 3 aromatic rings. The summed E-state index contributed by atoms with van der Waals surface area (Å²) in [6.07, 6.45) is 4.83. The number of rotatable bonds is 3. The molecular formula is C9H7ClN8OS. The van der Waals surface area contributed by atoms with Crippen LogP contribution >= 0.6 is 23.4 Å². The van der Waals surface area contributed by atoms with E-state index in [4.69, 9.17) is 11.6 Å². The summed E-state index contributed by atoms with van der Waals surface area (Å²) >= 11 is 6.97. The third-order valence-corrected chi connectivity index (χ3v) is 3.41. The lowest BCUT2D eigenvalue weighted by Crippen LogP contribution is -2.13. The van der Waals surface area contributed by atoms with Crippen LogP contribution in [0, 0.1) is 0 Å². The average Bonchev–Trinajstić information content (AvgIpc) is 3.04. The van der Waals surface area contributed by atoms with Crippen LogP contribution in [0.15, 0.2) is 33.8 Å². The predicted molar refractivity (Wildman–Crippen MR) is 69.9 cm³/mol. The van der Waals surface area contributed by atoms with Crippen molar-refractivity contribution in [3.8, 4) is 5.95 Å². The largest absolute Gasteiger partial charge is 0.343 e. The molecule has 0 fully saturated rings. The van der Waals surface area contributed by atoms with Crippen molar-refractivity contribution in [2.24, 2.45) is 7.05 Å². The Morgan fingerprint density at radius 3 is 2.85 bits per heavy atom. The lowest BCUT2D eigenvalue weighted by atomic mass is 10.8. The topological polar surface area (TPSA) is 107 Å². The highest BCUT2D eigenvalue weighted by atomic mass is 35.5. The summed E-state index contributed by atoms with van der Waals surface area (Å²) in [7, 11) is 1.59. The third-order valence-electron chi connectivity index (χ3n) is 2.33. The Bertz CT molecular complexity index is 795. The number of aromatic nitrogens is 8. The molecule has 0 spiro atoms. The second kappa shape index (κ2) is 5.06. The van der Waals surface area contributed by atoms with Crippen LogP contribution in [-0.4, -0.2) is 39.3 Å². The first-order valence-corrected chi connectivity index (χ1v) is 6.52. The molecule has 0 bridgehead atoms. The van der Waals surface area contributed by atoms with E-state index in [2.05, 4.69) is 30.1 Å². The number of aromatic amines is 1. The smallest absolute Gasteiger partial charge is 0.274 e. The minimum atomic E-state index is -0.317. The molecule has 1 N–H and O–H groups in total. The first kappa shape index (κ1) is 12.8. The van der Waals surface area contributed by atoms with Crippen LogP contribution in [0.3, 0.4) is 0 Å². The summed E-state index contributed by atoms with van der Waals surface area (Å²) in [5.41, 5.74) is -0.317. The van der Waals surface area contributed by atoms with Gasteiger partial charge in [0.1, 0.15) is 6.33 Å². The fraction of sp³-hybridized carbons (Fsp3) is 0.111. The number of nitrogens with zero attached hydrogens (tertiary/aromatic N) is 7. The van der Waals surface area contributed by atoms with Crippen molar-refractivity contribution in [3.63, 3.8) is 0 Å². The standard InChI is InChI=1S/C9H7ClN8OS/c1-17-8(19)15-16-9(17)20-7-13-5(10)12-6(14-7)18-3-2-11-4-18/h2-4H,1H3,(H,15,19). The Labute approximate surface area is 121 Å². The molecule has 0 unspecified atom stereocenters. The van der Waals surface area contributed by atoms with Crippen molar-refractivity contribution < 1.29 is 0 Å². The van der Waals surface area contributed by atoms with Gasteiger partial charge in [0.15, 0.2) is 5.16 Å². The molecular weight excluding hydrogens is 304 g/mol. The summed E-state index contributed by atoms with van der Waals surface area (Å²) in [4.78, 5) is 27.4. The van der Waals surface area contributed by atoms with E-state index in [1.54, 1.807) is 30.3 Å². The SMILES string of the molecule is Cn1c(Sc2nc(Cl)nc(-n3ccnc3)n2)n[nH]c1=O. The van der Waals surface area contributed by atoms with E-state index in [0.717, 1.165) is 11.8 Å². The van der Waals surface area contributed by atoms with Gasteiger partial charge < -0.3 is 0 Å². The van der Waals surface area contributed by atoms with Gasteiger partial charge in [-0.2, -0.15) is 15.0 Å². The molecule has 0 aliphatic carbocycles. The molecule has 0 saturated heterocycles. The molecule has 102 valence electrons. The first-order chi connectivity index (χ1) is 9.63. The second-order valence-corrected chi connectivity index (χ2v) is 4.90. The number of hydrogen-bond donors (Lipinski definition) is 1. The summed E-state index contributed by atoms with van der Waals surface area (Å²) in [5, 5.41) is 6.99. The van der Waals surface area contributed by atoms with E-state index in [0.29, 0.717) is 16.3 Å². The van der Waals surface area contributed by atoms with Crippen LogP contribution < -0.4 is 5.69 Å². The van der Waals surface area contributed by atoms with Crippen molar-refractivity contribution in [3.05, 3.63) is 34.5 Å². The predicted octanol–water partition coefficient (Wildman–Crippen LogP) is 0.284. The molecule has 3 aromatic heterocycles. The van der Waals surface area contributed by atoms with Gasteiger partial charge in [0.25, 0.3) is 0 Å². The van der Waals surface area contributed by atoms with E-state index in [9.17, 15) is 4.79 Å². The number of hydrogen-bond acceptors (Lipinski definition) is 7. The number of H-pyrrole nitrogens is 1. The third kappa shape index (κ3) is 2.42. The van der Waals surface area contributed by atoms with Gasteiger partial charge in [0, 0.05) is 19.4 Å². The lowest BCUT2D eigenvalue weighted by Gasteiger charge is -2.03. The van der Waals surface area contributed by atoms with Crippen molar-refractivity contribution in [2.75, 3.05) is 0 Å². The summed E-state index contributed by atoms with van der Waals surface area (Å²) in [6, 6.07) is 0. The van der Waals surface area contributed by atoms with Gasteiger partial charge in [-0.25, -0.2) is 14.9 Å². The number of imidazole rings is 1. The fourth-order valence-electron chi connectivity index (χ4n) is 1.37.